The van der Waals surface area contributed by atoms with Crippen LogP contribution in [0.25, 0.3) is 10.9 Å². The van der Waals surface area contributed by atoms with Gasteiger partial charge >= 0.3 is 0 Å². The summed E-state index contributed by atoms with van der Waals surface area (Å²) in [5, 5.41) is 1.27. The molecule has 1 aliphatic heterocycles. The van der Waals surface area contributed by atoms with Gasteiger partial charge in [-0.05, 0) is 79.1 Å². The molecule has 1 saturated heterocycles. The summed E-state index contributed by atoms with van der Waals surface area (Å²) in [6.07, 6.45) is 3.66. The first-order valence-electron chi connectivity index (χ1n) is 13.2. The Morgan fingerprint density at radius 1 is 0.919 bits per heavy atom. The van der Waals surface area contributed by atoms with Gasteiger partial charge in [0.1, 0.15) is 5.75 Å². The fraction of sp³-hybridized carbons (Fsp3) is 0.355. The molecule has 0 atom stereocenters. The minimum Gasteiger partial charge on any atom is -0.497 e. The molecule has 0 spiro atoms. The second-order valence-electron chi connectivity index (χ2n) is 10.0. The molecule has 1 aromatic heterocycles. The number of para-hydroxylation sites is 1. The molecule has 6 heteroatoms. The van der Waals surface area contributed by atoms with Crippen molar-refractivity contribution in [1.82, 2.24) is 8.87 Å². The predicted molar refractivity (Wildman–Crippen MR) is 150 cm³/mol. The summed E-state index contributed by atoms with van der Waals surface area (Å²) in [5.41, 5.74) is 6.22. The molecule has 1 fully saturated rings. The molecule has 37 heavy (non-hydrogen) atoms. The van der Waals surface area contributed by atoms with Gasteiger partial charge in [0.25, 0.3) is 0 Å². The SMILES string of the molecule is CCCc1ccc(S(=O)(=O)N2CCC(c3c(C)n(Cc4cccc(OC)c4)c4ccccc34)CC2)cc1. The fourth-order valence-electron chi connectivity index (χ4n) is 5.78. The van der Waals surface area contributed by atoms with Crippen LogP contribution in [0.3, 0.4) is 0 Å². The van der Waals surface area contributed by atoms with Crippen LogP contribution in [0.15, 0.2) is 77.7 Å². The lowest BCUT2D eigenvalue weighted by atomic mass is 9.88. The number of ether oxygens (including phenoxy) is 1. The molecule has 5 rings (SSSR count). The van der Waals surface area contributed by atoms with Crippen LogP contribution in [0, 0.1) is 6.92 Å². The Kier molecular flexibility index (Phi) is 7.40. The Morgan fingerprint density at radius 2 is 1.65 bits per heavy atom. The van der Waals surface area contributed by atoms with E-state index in [0.717, 1.165) is 38.0 Å². The Bertz CT molecular complexity index is 1480. The third kappa shape index (κ3) is 5.05. The number of methoxy groups -OCH3 is 1. The lowest BCUT2D eigenvalue weighted by Gasteiger charge is -2.31. The van der Waals surface area contributed by atoms with Gasteiger partial charge in [-0.25, -0.2) is 8.42 Å². The molecule has 1 aliphatic rings. The third-order valence-corrected chi connectivity index (χ3v) is 9.63. The van der Waals surface area contributed by atoms with Crippen LogP contribution in [-0.2, 0) is 23.0 Å². The zero-order chi connectivity index (χ0) is 26.0. The average molecular weight is 517 g/mol. The summed E-state index contributed by atoms with van der Waals surface area (Å²) < 4.78 is 36.2. The monoisotopic (exact) mass is 516 g/mol. The molecule has 3 aromatic carbocycles. The summed E-state index contributed by atoms with van der Waals surface area (Å²) in [6.45, 7) is 6.19. The number of aryl methyl sites for hydroxylation is 1. The molecule has 194 valence electrons. The first kappa shape index (κ1) is 25.6. The van der Waals surface area contributed by atoms with E-state index in [1.165, 1.54) is 33.3 Å². The molecule has 2 heterocycles. The zero-order valence-corrected chi connectivity index (χ0v) is 22.8. The van der Waals surface area contributed by atoms with E-state index in [9.17, 15) is 8.42 Å². The molecule has 0 N–H and O–H groups in total. The van der Waals surface area contributed by atoms with E-state index < -0.39 is 10.0 Å². The summed E-state index contributed by atoms with van der Waals surface area (Å²) >= 11 is 0. The Morgan fingerprint density at radius 3 is 2.35 bits per heavy atom. The van der Waals surface area contributed by atoms with Gasteiger partial charge in [0.15, 0.2) is 0 Å². The molecule has 0 saturated carbocycles. The highest BCUT2D eigenvalue weighted by Crippen LogP contribution is 2.38. The van der Waals surface area contributed by atoms with Crippen molar-refractivity contribution in [3.8, 4) is 5.75 Å². The zero-order valence-electron chi connectivity index (χ0n) is 22.0. The van der Waals surface area contributed by atoms with Gasteiger partial charge in [-0.2, -0.15) is 4.31 Å². The van der Waals surface area contributed by atoms with E-state index in [0.29, 0.717) is 23.9 Å². The Hall–Kier alpha value is -3.09. The number of piperidine rings is 1. The minimum atomic E-state index is -3.48. The van der Waals surface area contributed by atoms with Gasteiger partial charge in [-0.1, -0.05) is 55.8 Å². The summed E-state index contributed by atoms with van der Waals surface area (Å²) in [6, 6.07) is 24.2. The number of nitrogens with zero attached hydrogens (tertiary/aromatic N) is 2. The number of aromatic nitrogens is 1. The van der Waals surface area contributed by atoms with Gasteiger partial charge < -0.3 is 9.30 Å². The summed E-state index contributed by atoms with van der Waals surface area (Å²) in [7, 11) is -1.78. The van der Waals surface area contributed by atoms with Crippen LogP contribution in [0.4, 0.5) is 0 Å². The van der Waals surface area contributed by atoms with Gasteiger partial charge in [0, 0.05) is 36.2 Å². The van der Waals surface area contributed by atoms with Gasteiger partial charge in [-0.15, -0.1) is 0 Å². The third-order valence-electron chi connectivity index (χ3n) is 7.72. The highest BCUT2D eigenvalue weighted by molar-refractivity contribution is 7.89. The normalized spacial score (nSPS) is 15.3. The van der Waals surface area contributed by atoms with Crippen LogP contribution >= 0.6 is 0 Å². The maximum absolute atomic E-state index is 13.4. The van der Waals surface area contributed by atoms with Crippen LogP contribution in [0.5, 0.6) is 5.75 Å². The molecular weight excluding hydrogens is 480 g/mol. The maximum Gasteiger partial charge on any atom is 0.243 e. The summed E-state index contributed by atoms with van der Waals surface area (Å²) in [4.78, 5) is 0.400. The highest BCUT2D eigenvalue weighted by atomic mass is 32.2. The van der Waals surface area contributed by atoms with E-state index in [1.807, 2.05) is 24.3 Å². The summed E-state index contributed by atoms with van der Waals surface area (Å²) in [5.74, 6) is 1.19. The van der Waals surface area contributed by atoms with Crippen molar-refractivity contribution in [2.24, 2.45) is 0 Å². The lowest BCUT2D eigenvalue weighted by molar-refractivity contribution is 0.319. The smallest absolute Gasteiger partial charge is 0.243 e. The first-order valence-corrected chi connectivity index (χ1v) is 14.7. The van der Waals surface area contributed by atoms with Crippen LogP contribution in [0.2, 0.25) is 0 Å². The lowest BCUT2D eigenvalue weighted by Crippen LogP contribution is -2.38. The van der Waals surface area contributed by atoms with Crippen LogP contribution < -0.4 is 4.74 Å². The van der Waals surface area contributed by atoms with E-state index in [1.54, 1.807) is 23.5 Å². The maximum atomic E-state index is 13.4. The largest absolute Gasteiger partial charge is 0.497 e. The number of rotatable bonds is 8. The first-order chi connectivity index (χ1) is 17.9. The Labute approximate surface area is 220 Å². The van der Waals surface area contributed by atoms with Crippen molar-refractivity contribution in [2.75, 3.05) is 20.2 Å². The van der Waals surface area contributed by atoms with E-state index >= 15 is 0 Å². The second-order valence-corrected chi connectivity index (χ2v) is 12.0. The quantitative estimate of drug-likeness (QED) is 0.268. The number of sulfonamides is 1. The van der Waals surface area contributed by atoms with Crippen molar-refractivity contribution in [3.05, 3.63) is 95.2 Å². The molecular formula is C31H36N2O3S. The van der Waals surface area contributed by atoms with Crippen molar-refractivity contribution in [3.63, 3.8) is 0 Å². The number of fused-ring (bicyclic) bond motifs is 1. The topological polar surface area (TPSA) is 51.5 Å². The van der Waals surface area contributed by atoms with Gasteiger partial charge in [-0.3, -0.25) is 0 Å². The van der Waals surface area contributed by atoms with Crippen LogP contribution in [-0.4, -0.2) is 37.5 Å². The average Bonchev–Trinajstić information content (AvgIpc) is 3.20. The van der Waals surface area contributed by atoms with Crippen molar-refractivity contribution >= 4 is 20.9 Å². The van der Waals surface area contributed by atoms with Crippen LogP contribution in [0.1, 0.15) is 54.5 Å². The molecule has 0 amide bonds. The molecule has 0 radical (unpaired) electrons. The van der Waals surface area contributed by atoms with E-state index in [-0.39, 0.29) is 0 Å². The number of benzene rings is 3. The number of hydrogen-bond acceptors (Lipinski definition) is 3. The predicted octanol–water partition coefficient (Wildman–Crippen LogP) is 6.53. The molecule has 0 bridgehead atoms. The van der Waals surface area contributed by atoms with E-state index in [4.69, 9.17) is 4.74 Å². The van der Waals surface area contributed by atoms with Crippen molar-refractivity contribution in [2.45, 2.75) is 56.9 Å². The second kappa shape index (κ2) is 10.7. The highest BCUT2D eigenvalue weighted by Gasteiger charge is 2.32. The number of hydrogen-bond donors (Lipinski definition) is 0. The molecule has 0 aliphatic carbocycles. The standard InChI is InChI=1S/C31H36N2O3S/c1-4-8-24-13-15-28(16-14-24)37(34,35)32-19-17-26(18-20-32)31-23(2)33(30-12-6-5-11-29(30)31)22-25-9-7-10-27(21-25)36-3/h5-7,9-16,21,26H,4,8,17-20,22H2,1-3H3. The van der Waals surface area contributed by atoms with E-state index in [2.05, 4.69) is 54.8 Å². The van der Waals surface area contributed by atoms with Crippen molar-refractivity contribution in [1.29, 1.82) is 0 Å². The molecule has 4 aromatic rings. The Balaban J connectivity index is 1.38. The molecule has 0 unspecified atom stereocenters. The molecule has 5 nitrogen and oxygen atoms in total. The fourth-order valence-corrected chi connectivity index (χ4v) is 7.25. The van der Waals surface area contributed by atoms with Gasteiger partial charge in [0.05, 0.1) is 12.0 Å². The van der Waals surface area contributed by atoms with Crippen molar-refractivity contribution < 1.29 is 13.2 Å². The minimum absolute atomic E-state index is 0.329. The van der Waals surface area contributed by atoms with Gasteiger partial charge in [0.2, 0.25) is 10.0 Å².